The predicted octanol–water partition coefficient (Wildman–Crippen LogP) is 4.87. The van der Waals surface area contributed by atoms with Crippen molar-refractivity contribution in [3.05, 3.63) is 71.4 Å². The average molecular weight is 438 g/mol. The van der Waals surface area contributed by atoms with E-state index in [-0.39, 0.29) is 11.8 Å². The number of carbonyl (C=O) groups excluding carboxylic acids is 1. The number of rotatable bonds is 7. The molecule has 1 aliphatic heterocycles. The van der Waals surface area contributed by atoms with Gasteiger partial charge in [-0.05, 0) is 62.7 Å². The lowest BCUT2D eigenvalue weighted by molar-refractivity contribution is 0.0600. The number of methoxy groups -OCH3 is 1. The molecule has 32 heavy (non-hydrogen) atoms. The molecule has 1 saturated heterocycles. The van der Waals surface area contributed by atoms with E-state index in [1.54, 1.807) is 24.3 Å². The van der Waals surface area contributed by atoms with E-state index in [9.17, 15) is 9.18 Å². The number of halogens is 1. The van der Waals surface area contributed by atoms with Crippen LogP contribution in [0.4, 0.5) is 4.39 Å². The molecule has 0 aliphatic carbocycles. The van der Waals surface area contributed by atoms with Crippen molar-refractivity contribution in [1.82, 2.24) is 9.88 Å². The van der Waals surface area contributed by atoms with Crippen LogP contribution in [0.3, 0.4) is 0 Å². The number of hydrogen-bond acceptors (Lipinski definition) is 6. The first-order valence-electron chi connectivity index (χ1n) is 10.8. The Morgan fingerprint density at radius 3 is 2.81 bits per heavy atom. The third-order valence-electron chi connectivity index (χ3n) is 5.70. The SMILES string of the molecule is COC(=O)c1ccc(-c2nc(CN3CCC[C@H](COc4cccc(F)c4)C3)c(C)o2)cc1. The van der Waals surface area contributed by atoms with E-state index in [2.05, 4.69) is 4.90 Å². The third-order valence-corrected chi connectivity index (χ3v) is 5.70. The molecule has 1 atom stereocenters. The zero-order valence-electron chi connectivity index (χ0n) is 18.3. The first-order valence-corrected chi connectivity index (χ1v) is 10.8. The van der Waals surface area contributed by atoms with Gasteiger partial charge in [0, 0.05) is 30.6 Å². The van der Waals surface area contributed by atoms with Crippen LogP contribution in [0.15, 0.2) is 52.9 Å². The monoisotopic (exact) mass is 438 g/mol. The van der Waals surface area contributed by atoms with Crippen LogP contribution in [-0.4, -0.2) is 42.7 Å². The van der Waals surface area contributed by atoms with Crippen LogP contribution < -0.4 is 4.74 Å². The number of oxazole rings is 1. The minimum absolute atomic E-state index is 0.287. The number of carbonyl (C=O) groups is 1. The quantitative estimate of drug-likeness (QED) is 0.491. The van der Waals surface area contributed by atoms with E-state index in [4.69, 9.17) is 18.9 Å². The summed E-state index contributed by atoms with van der Waals surface area (Å²) in [6.07, 6.45) is 2.16. The summed E-state index contributed by atoms with van der Waals surface area (Å²) >= 11 is 0. The lowest BCUT2D eigenvalue weighted by atomic mass is 9.99. The van der Waals surface area contributed by atoms with Crippen molar-refractivity contribution < 1.29 is 23.1 Å². The normalized spacial score (nSPS) is 16.7. The molecule has 1 aliphatic rings. The summed E-state index contributed by atoms with van der Waals surface area (Å²) in [5.41, 5.74) is 2.20. The number of nitrogens with zero attached hydrogens (tertiary/aromatic N) is 2. The lowest BCUT2D eigenvalue weighted by Crippen LogP contribution is -2.37. The van der Waals surface area contributed by atoms with Crippen LogP contribution in [0, 0.1) is 18.7 Å². The van der Waals surface area contributed by atoms with E-state index in [0.29, 0.717) is 36.3 Å². The average Bonchev–Trinajstić information content (AvgIpc) is 3.17. The maximum absolute atomic E-state index is 13.3. The van der Waals surface area contributed by atoms with Gasteiger partial charge in [-0.15, -0.1) is 0 Å². The summed E-state index contributed by atoms with van der Waals surface area (Å²) in [6, 6.07) is 13.3. The molecule has 168 valence electrons. The maximum Gasteiger partial charge on any atom is 0.337 e. The predicted molar refractivity (Wildman–Crippen MR) is 118 cm³/mol. The van der Waals surface area contributed by atoms with Crippen molar-refractivity contribution in [3.63, 3.8) is 0 Å². The Hall–Kier alpha value is -3.19. The van der Waals surface area contributed by atoms with E-state index in [0.717, 1.165) is 42.9 Å². The highest BCUT2D eigenvalue weighted by molar-refractivity contribution is 5.89. The van der Waals surface area contributed by atoms with Gasteiger partial charge in [0.1, 0.15) is 17.3 Å². The molecule has 0 saturated carbocycles. The second-order valence-corrected chi connectivity index (χ2v) is 8.10. The number of aromatic nitrogens is 1. The van der Waals surface area contributed by atoms with Crippen LogP contribution in [0.5, 0.6) is 5.75 Å². The highest BCUT2D eigenvalue weighted by Gasteiger charge is 2.23. The summed E-state index contributed by atoms with van der Waals surface area (Å²) in [6.45, 7) is 5.07. The van der Waals surface area contributed by atoms with Gasteiger partial charge in [-0.2, -0.15) is 0 Å². The number of benzene rings is 2. The Labute approximate surface area is 187 Å². The molecule has 0 amide bonds. The zero-order chi connectivity index (χ0) is 22.5. The third kappa shape index (κ3) is 5.34. The number of hydrogen-bond donors (Lipinski definition) is 0. The summed E-state index contributed by atoms with van der Waals surface area (Å²) < 4.78 is 29.8. The molecule has 0 spiro atoms. The molecular weight excluding hydrogens is 411 g/mol. The number of aryl methyl sites for hydroxylation is 1. The summed E-state index contributed by atoms with van der Waals surface area (Å²) in [7, 11) is 1.36. The lowest BCUT2D eigenvalue weighted by Gasteiger charge is -2.32. The van der Waals surface area contributed by atoms with Crippen molar-refractivity contribution in [2.24, 2.45) is 5.92 Å². The fourth-order valence-corrected chi connectivity index (χ4v) is 3.98. The van der Waals surface area contributed by atoms with Gasteiger partial charge in [-0.25, -0.2) is 14.2 Å². The van der Waals surface area contributed by atoms with Gasteiger partial charge >= 0.3 is 5.97 Å². The molecule has 2 aromatic carbocycles. The standard InChI is InChI=1S/C25H27FN2O4/c1-17-23(27-24(32-17)19-8-10-20(11-9-19)25(29)30-2)15-28-12-4-5-18(14-28)16-31-22-7-3-6-21(26)13-22/h3,6-11,13,18H,4-5,12,14-16H2,1-2H3/t18-/m0/s1. The first kappa shape index (κ1) is 22.0. The van der Waals surface area contributed by atoms with E-state index in [1.165, 1.54) is 19.2 Å². The van der Waals surface area contributed by atoms with E-state index in [1.807, 2.05) is 19.1 Å². The van der Waals surface area contributed by atoms with Crippen molar-refractivity contribution in [1.29, 1.82) is 0 Å². The highest BCUT2D eigenvalue weighted by atomic mass is 19.1. The zero-order valence-corrected chi connectivity index (χ0v) is 18.3. The second-order valence-electron chi connectivity index (χ2n) is 8.10. The van der Waals surface area contributed by atoms with E-state index < -0.39 is 0 Å². The van der Waals surface area contributed by atoms with Gasteiger partial charge in [0.05, 0.1) is 25.0 Å². The Bertz CT molecular complexity index is 1060. The molecule has 0 bridgehead atoms. The Morgan fingerprint density at radius 1 is 1.25 bits per heavy atom. The van der Waals surface area contributed by atoms with Crippen molar-refractivity contribution in [2.75, 3.05) is 26.8 Å². The molecule has 4 rings (SSSR count). The number of likely N-dealkylation sites (tertiary alicyclic amines) is 1. The topological polar surface area (TPSA) is 64.8 Å². The smallest absolute Gasteiger partial charge is 0.337 e. The maximum atomic E-state index is 13.3. The molecule has 0 N–H and O–H groups in total. The Kier molecular flexibility index (Phi) is 6.85. The van der Waals surface area contributed by atoms with Crippen LogP contribution in [0.25, 0.3) is 11.5 Å². The van der Waals surface area contributed by atoms with Gasteiger partial charge in [-0.1, -0.05) is 6.07 Å². The molecular formula is C25H27FN2O4. The molecule has 6 nitrogen and oxygen atoms in total. The fraction of sp³-hybridized carbons (Fsp3) is 0.360. The fourth-order valence-electron chi connectivity index (χ4n) is 3.98. The van der Waals surface area contributed by atoms with Gasteiger partial charge in [0.25, 0.3) is 0 Å². The molecule has 0 unspecified atom stereocenters. The molecule has 0 radical (unpaired) electrons. The Morgan fingerprint density at radius 2 is 2.06 bits per heavy atom. The first-order chi connectivity index (χ1) is 15.5. The van der Waals surface area contributed by atoms with Crippen LogP contribution in [0.2, 0.25) is 0 Å². The van der Waals surface area contributed by atoms with Crippen molar-refractivity contribution >= 4 is 5.97 Å². The summed E-state index contributed by atoms with van der Waals surface area (Å²) in [5.74, 6) is 1.61. The number of esters is 1. The van der Waals surface area contributed by atoms with Crippen molar-refractivity contribution in [2.45, 2.75) is 26.3 Å². The largest absolute Gasteiger partial charge is 0.493 e. The Balaban J connectivity index is 1.36. The molecule has 2 heterocycles. The molecule has 1 aromatic heterocycles. The highest BCUT2D eigenvalue weighted by Crippen LogP contribution is 2.25. The van der Waals surface area contributed by atoms with Gasteiger partial charge in [0.2, 0.25) is 5.89 Å². The number of piperidine rings is 1. The minimum Gasteiger partial charge on any atom is -0.493 e. The minimum atomic E-state index is -0.373. The summed E-state index contributed by atoms with van der Waals surface area (Å²) in [4.78, 5) is 18.7. The van der Waals surface area contributed by atoms with Crippen molar-refractivity contribution in [3.8, 4) is 17.2 Å². The number of ether oxygens (including phenoxy) is 2. The van der Waals surface area contributed by atoms with Crippen LogP contribution in [-0.2, 0) is 11.3 Å². The van der Waals surface area contributed by atoms with E-state index >= 15 is 0 Å². The summed E-state index contributed by atoms with van der Waals surface area (Å²) in [5, 5.41) is 0. The van der Waals surface area contributed by atoms with Gasteiger partial charge in [0.15, 0.2) is 0 Å². The van der Waals surface area contributed by atoms with Crippen LogP contribution >= 0.6 is 0 Å². The molecule has 3 aromatic rings. The van der Waals surface area contributed by atoms with Crippen LogP contribution in [0.1, 0.15) is 34.7 Å². The second kappa shape index (κ2) is 9.96. The molecule has 7 heteroatoms. The van der Waals surface area contributed by atoms with Gasteiger partial charge < -0.3 is 13.9 Å². The molecule has 1 fully saturated rings. The van der Waals surface area contributed by atoms with Gasteiger partial charge in [-0.3, -0.25) is 4.90 Å².